The standard InChI is InChI=1S/C25H29NO5/c1-16(2)15-30-20-9-10-21-18(4)22(25(28)31-23(21)14-20)11-12-24(27)26-17(3)7-8-19-6-5-13-29-19/h5-6,9-10,13-14,17H,1,7-8,11-12,15H2,2-4H3,(H,26,27). The van der Waals surface area contributed by atoms with Crippen molar-refractivity contribution in [2.75, 3.05) is 6.61 Å². The van der Waals surface area contributed by atoms with Crippen LogP contribution in [0.4, 0.5) is 0 Å². The highest BCUT2D eigenvalue weighted by Gasteiger charge is 2.15. The largest absolute Gasteiger partial charge is 0.489 e. The lowest BCUT2D eigenvalue weighted by Gasteiger charge is -2.14. The van der Waals surface area contributed by atoms with Crippen LogP contribution >= 0.6 is 0 Å². The van der Waals surface area contributed by atoms with E-state index in [0.717, 1.165) is 35.1 Å². The summed E-state index contributed by atoms with van der Waals surface area (Å²) in [6, 6.07) is 9.23. The van der Waals surface area contributed by atoms with Gasteiger partial charge in [-0.2, -0.15) is 0 Å². The molecular weight excluding hydrogens is 394 g/mol. The fourth-order valence-corrected chi connectivity index (χ4v) is 3.43. The second-order valence-electron chi connectivity index (χ2n) is 7.98. The first kappa shape index (κ1) is 22.4. The van der Waals surface area contributed by atoms with Crippen LogP contribution in [0.15, 0.2) is 62.4 Å². The lowest BCUT2D eigenvalue weighted by molar-refractivity contribution is -0.121. The number of rotatable bonds is 10. The fraction of sp³-hybridized carbons (Fsp3) is 0.360. The molecule has 2 aromatic heterocycles. The third kappa shape index (κ3) is 6.10. The molecule has 0 radical (unpaired) electrons. The van der Waals surface area contributed by atoms with Crippen LogP contribution in [0.1, 0.15) is 43.6 Å². The first-order valence-corrected chi connectivity index (χ1v) is 10.5. The minimum absolute atomic E-state index is 0.0179. The second kappa shape index (κ2) is 10.2. The Hall–Kier alpha value is -3.28. The van der Waals surface area contributed by atoms with E-state index in [-0.39, 0.29) is 18.4 Å². The molecule has 6 heteroatoms. The third-order valence-electron chi connectivity index (χ3n) is 5.16. The van der Waals surface area contributed by atoms with Crippen LogP contribution in [0.3, 0.4) is 0 Å². The number of benzene rings is 1. The quantitative estimate of drug-likeness (QED) is 0.377. The zero-order chi connectivity index (χ0) is 22.4. The Bertz CT molecular complexity index is 1110. The van der Waals surface area contributed by atoms with E-state index in [2.05, 4.69) is 11.9 Å². The van der Waals surface area contributed by atoms with E-state index in [9.17, 15) is 9.59 Å². The molecule has 0 bridgehead atoms. The molecule has 0 aliphatic rings. The normalized spacial score (nSPS) is 12.0. The van der Waals surface area contributed by atoms with E-state index in [0.29, 0.717) is 29.9 Å². The molecule has 3 rings (SSSR count). The Labute approximate surface area is 181 Å². The van der Waals surface area contributed by atoms with Crippen LogP contribution in [0, 0.1) is 6.92 Å². The van der Waals surface area contributed by atoms with Crippen LogP contribution in [-0.2, 0) is 17.6 Å². The summed E-state index contributed by atoms with van der Waals surface area (Å²) in [5.41, 5.74) is 2.32. The number of hydrogen-bond donors (Lipinski definition) is 1. The lowest BCUT2D eigenvalue weighted by Crippen LogP contribution is -2.33. The van der Waals surface area contributed by atoms with Crippen molar-refractivity contribution in [2.24, 2.45) is 0 Å². The van der Waals surface area contributed by atoms with Gasteiger partial charge in [0, 0.05) is 35.9 Å². The van der Waals surface area contributed by atoms with Gasteiger partial charge in [0.1, 0.15) is 23.7 Å². The number of carbonyl (C=O) groups excluding carboxylic acids is 1. The van der Waals surface area contributed by atoms with Gasteiger partial charge in [0.25, 0.3) is 0 Å². The Kier molecular flexibility index (Phi) is 7.34. The predicted molar refractivity (Wildman–Crippen MR) is 120 cm³/mol. The van der Waals surface area contributed by atoms with Crippen LogP contribution in [0.2, 0.25) is 0 Å². The summed E-state index contributed by atoms with van der Waals surface area (Å²) in [4.78, 5) is 24.9. The SMILES string of the molecule is C=C(C)COc1ccc2c(C)c(CCC(=O)NC(C)CCc3ccco3)c(=O)oc2c1. The highest BCUT2D eigenvalue weighted by atomic mass is 16.5. The molecule has 1 unspecified atom stereocenters. The second-order valence-corrected chi connectivity index (χ2v) is 7.98. The summed E-state index contributed by atoms with van der Waals surface area (Å²) in [6.07, 6.45) is 3.74. The number of ether oxygens (including phenoxy) is 1. The van der Waals surface area contributed by atoms with Crippen molar-refractivity contribution in [3.63, 3.8) is 0 Å². The number of aryl methyl sites for hydroxylation is 2. The average Bonchev–Trinajstić information content (AvgIpc) is 3.24. The molecule has 3 aromatic rings. The molecule has 1 N–H and O–H groups in total. The van der Waals surface area contributed by atoms with Crippen LogP contribution in [0.5, 0.6) is 5.75 Å². The van der Waals surface area contributed by atoms with E-state index in [1.165, 1.54) is 0 Å². The van der Waals surface area contributed by atoms with Crippen LogP contribution in [0.25, 0.3) is 11.0 Å². The molecule has 2 heterocycles. The molecule has 0 saturated heterocycles. The highest BCUT2D eigenvalue weighted by Crippen LogP contribution is 2.25. The zero-order valence-corrected chi connectivity index (χ0v) is 18.3. The molecule has 0 spiro atoms. The summed E-state index contributed by atoms with van der Waals surface area (Å²) < 4.78 is 16.5. The predicted octanol–water partition coefficient (Wildman–Crippen LogP) is 4.72. The van der Waals surface area contributed by atoms with Gasteiger partial charge in [-0.05, 0) is 69.0 Å². The van der Waals surface area contributed by atoms with Gasteiger partial charge in [-0.15, -0.1) is 0 Å². The Morgan fingerprint density at radius 2 is 2.06 bits per heavy atom. The van der Waals surface area contributed by atoms with E-state index < -0.39 is 5.63 Å². The van der Waals surface area contributed by atoms with Gasteiger partial charge < -0.3 is 18.9 Å². The van der Waals surface area contributed by atoms with Gasteiger partial charge in [0.05, 0.1) is 6.26 Å². The van der Waals surface area contributed by atoms with Gasteiger partial charge in [-0.1, -0.05) is 6.58 Å². The summed E-state index contributed by atoms with van der Waals surface area (Å²) in [7, 11) is 0. The minimum atomic E-state index is -0.416. The molecule has 1 atom stereocenters. The lowest BCUT2D eigenvalue weighted by atomic mass is 10.0. The molecule has 164 valence electrons. The maximum absolute atomic E-state index is 12.5. The first-order chi connectivity index (χ1) is 14.8. The molecule has 1 aromatic carbocycles. The molecule has 0 fully saturated rings. The zero-order valence-electron chi connectivity index (χ0n) is 18.3. The van der Waals surface area contributed by atoms with E-state index >= 15 is 0 Å². The molecule has 1 amide bonds. The molecule has 0 aliphatic carbocycles. The minimum Gasteiger partial charge on any atom is -0.489 e. The smallest absolute Gasteiger partial charge is 0.339 e. The summed E-state index contributed by atoms with van der Waals surface area (Å²) in [5, 5.41) is 3.82. The van der Waals surface area contributed by atoms with Gasteiger partial charge in [-0.25, -0.2) is 4.79 Å². The van der Waals surface area contributed by atoms with Gasteiger partial charge in [0.15, 0.2) is 0 Å². The molecule has 31 heavy (non-hydrogen) atoms. The van der Waals surface area contributed by atoms with Crippen LogP contribution in [-0.4, -0.2) is 18.6 Å². The number of hydrogen-bond acceptors (Lipinski definition) is 5. The maximum atomic E-state index is 12.5. The van der Waals surface area contributed by atoms with E-state index in [4.69, 9.17) is 13.6 Å². The number of carbonyl (C=O) groups is 1. The van der Waals surface area contributed by atoms with Crippen molar-refractivity contribution >= 4 is 16.9 Å². The number of fused-ring (bicyclic) bond motifs is 1. The molecular formula is C25H29NO5. The molecule has 6 nitrogen and oxygen atoms in total. The van der Waals surface area contributed by atoms with Gasteiger partial charge >= 0.3 is 5.63 Å². The van der Waals surface area contributed by atoms with Crippen molar-refractivity contribution in [3.05, 3.63) is 76.1 Å². The fourth-order valence-electron chi connectivity index (χ4n) is 3.43. The van der Waals surface area contributed by atoms with Crippen molar-refractivity contribution in [3.8, 4) is 5.75 Å². The molecule has 0 saturated carbocycles. The summed E-state index contributed by atoms with van der Waals surface area (Å²) >= 11 is 0. The van der Waals surface area contributed by atoms with Gasteiger partial charge in [0.2, 0.25) is 5.91 Å². The summed E-state index contributed by atoms with van der Waals surface area (Å²) in [6.45, 7) is 9.94. The maximum Gasteiger partial charge on any atom is 0.339 e. The topological polar surface area (TPSA) is 81.7 Å². The first-order valence-electron chi connectivity index (χ1n) is 10.5. The number of nitrogens with one attached hydrogen (secondary N) is 1. The number of amides is 1. The Morgan fingerprint density at radius 3 is 2.77 bits per heavy atom. The Balaban J connectivity index is 1.61. The molecule has 0 aliphatic heterocycles. The highest BCUT2D eigenvalue weighted by molar-refractivity contribution is 5.82. The number of furan rings is 1. The third-order valence-corrected chi connectivity index (χ3v) is 5.16. The average molecular weight is 424 g/mol. The van der Waals surface area contributed by atoms with Crippen molar-refractivity contribution in [1.82, 2.24) is 5.32 Å². The van der Waals surface area contributed by atoms with Crippen molar-refractivity contribution in [2.45, 2.75) is 52.5 Å². The van der Waals surface area contributed by atoms with Crippen molar-refractivity contribution < 1.29 is 18.4 Å². The van der Waals surface area contributed by atoms with Crippen LogP contribution < -0.4 is 15.7 Å². The van der Waals surface area contributed by atoms with Crippen molar-refractivity contribution in [1.29, 1.82) is 0 Å². The van der Waals surface area contributed by atoms with E-state index in [1.807, 2.05) is 45.0 Å². The monoisotopic (exact) mass is 423 g/mol. The summed E-state index contributed by atoms with van der Waals surface area (Å²) in [5.74, 6) is 1.43. The van der Waals surface area contributed by atoms with E-state index in [1.54, 1.807) is 12.3 Å². The van der Waals surface area contributed by atoms with Gasteiger partial charge in [-0.3, -0.25) is 4.79 Å². The Morgan fingerprint density at radius 1 is 1.26 bits per heavy atom.